The zero-order valence-electron chi connectivity index (χ0n) is 14.8. The third kappa shape index (κ3) is 4.06. The largest absolute Gasteiger partial charge is 0.378 e. The first-order chi connectivity index (χ1) is 11.2. The lowest BCUT2D eigenvalue weighted by molar-refractivity contribution is 0.0764. The Morgan fingerprint density at radius 2 is 1.58 bits per heavy atom. The van der Waals surface area contributed by atoms with Gasteiger partial charge in [-0.1, -0.05) is 0 Å². The Morgan fingerprint density at radius 3 is 2.12 bits per heavy atom. The van der Waals surface area contributed by atoms with E-state index in [1.807, 2.05) is 43.3 Å². The second-order valence-corrected chi connectivity index (χ2v) is 8.42. The van der Waals surface area contributed by atoms with E-state index in [4.69, 9.17) is 0 Å². The fourth-order valence-electron chi connectivity index (χ4n) is 2.64. The second kappa shape index (κ2) is 7.50. The maximum absolute atomic E-state index is 12.7. The number of carbonyl (C=O) groups is 1. The molecular formula is C16H26N4O3S. The van der Waals surface area contributed by atoms with Gasteiger partial charge in [0.15, 0.2) is 0 Å². The maximum atomic E-state index is 12.7. The highest BCUT2D eigenvalue weighted by atomic mass is 32.2. The molecule has 7 nitrogen and oxygen atoms in total. The van der Waals surface area contributed by atoms with Gasteiger partial charge in [-0.05, 0) is 30.7 Å². The predicted molar refractivity (Wildman–Crippen MR) is 95.5 cm³/mol. The van der Waals surface area contributed by atoms with Crippen molar-refractivity contribution in [3.63, 3.8) is 0 Å². The molecule has 0 N–H and O–H groups in total. The van der Waals surface area contributed by atoms with Crippen LogP contribution in [0.15, 0.2) is 24.3 Å². The zero-order chi connectivity index (χ0) is 17.9. The van der Waals surface area contributed by atoms with E-state index in [2.05, 4.69) is 0 Å². The third-order valence-electron chi connectivity index (χ3n) is 4.16. The van der Waals surface area contributed by atoms with Crippen molar-refractivity contribution >= 4 is 21.8 Å². The third-order valence-corrected chi connectivity index (χ3v) is 6.10. The van der Waals surface area contributed by atoms with E-state index in [0.717, 1.165) is 5.69 Å². The molecule has 0 spiro atoms. The monoisotopic (exact) mass is 354 g/mol. The van der Waals surface area contributed by atoms with Crippen molar-refractivity contribution in [1.29, 1.82) is 0 Å². The molecule has 1 aromatic carbocycles. The van der Waals surface area contributed by atoms with Gasteiger partial charge in [0.2, 0.25) is 0 Å². The Labute approximate surface area is 144 Å². The van der Waals surface area contributed by atoms with Crippen molar-refractivity contribution < 1.29 is 13.2 Å². The summed E-state index contributed by atoms with van der Waals surface area (Å²) in [6.07, 6.45) is 0.634. The molecule has 0 radical (unpaired) electrons. The highest BCUT2D eigenvalue weighted by Gasteiger charge is 2.28. The second-order valence-electron chi connectivity index (χ2n) is 6.28. The molecule has 0 unspecified atom stereocenters. The fourth-order valence-corrected chi connectivity index (χ4v) is 3.78. The van der Waals surface area contributed by atoms with Gasteiger partial charge >= 0.3 is 0 Å². The smallest absolute Gasteiger partial charge is 0.281 e. The highest BCUT2D eigenvalue weighted by Crippen LogP contribution is 2.16. The molecule has 24 heavy (non-hydrogen) atoms. The van der Waals surface area contributed by atoms with Gasteiger partial charge in [-0.15, -0.1) is 0 Å². The lowest BCUT2D eigenvalue weighted by atomic mass is 10.1. The van der Waals surface area contributed by atoms with Crippen LogP contribution in [0.4, 0.5) is 5.69 Å². The molecule has 0 saturated carbocycles. The normalized spacial score (nSPS) is 17.0. The first-order valence-corrected chi connectivity index (χ1v) is 9.37. The van der Waals surface area contributed by atoms with Crippen molar-refractivity contribution in [3.8, 4) is 0 Å². The number of anilines is 1. The minimum absolute atomic E-state index is 0.0515. The molecule has 1 aliphatic heterocycles. The van der Waals surface area contributed by atoms with E-state index in [1.54, 1.807) is 4.90 Å². The SMILES string of the molecule is CN(C)c1ccc(C(=O)N2CCCN(S(=O)(=O)N(C)C)CC2)cc1. The van der Waals surface area contributed by atoms with E-state index in [-0.39, 0.29) is 5.91 Å². The molecule has 0 aromatic heterocycles. The van der Waals surface area contributed by atoms with Crippen LogP contribution in [0.3, 0.4) is 0 Å². The van der Waals surface area contributed by atoms with Gasteiger partial charge in [-0.2, -0.15) is 17.0 Å². The molecule has 1 fully saturated rings. The molecule has 134 valence electrons. The number of amides is 1. The van der Waals surface area contributed by atoms with Crippen LogP contribution < -0.4 is 4.90 Å². The standard InChI is InChI=1S/C16H26N4O3S/c1-17(2)15-8-6-14(7-9-15)16(21)19-10-5-11-20(13-12-19)24(22,23)18(3)4/h6-9H,5,10-13H2,1-4H3. The molecule has 8 heteroatoms. The first-order valence-electron chi connectivity index (χ1n) is 7.97. The average molecular weight is 354 g/mol. The van der Waals surface area contributed by atoms with Gasteiger partial charge < -0.3 is 9.80 Å². The minimum Gasteiger partial charge on any atom is -0.378 e. The van der Waals surface area contributed by atoms with E-state index in [1.165, 1.54) is 22.7 Å². The summed E-state index contributed by atoms with van der Waals surface area (Å²) in [6, 6.07) is 7.45. The van der Waals surface area contributed by atoms with Crippen molar-refractivity contribution in [3.05, 3.63) is 29.8 Å². The summed E-state index contributed by atoms with van der Waals surface area (Å²) in [6.45, 7) is 1.72. The number of nitrogens with zero attached hydrogens (tertiary/aromatic N) is 4. The molecule has 2 rings (SSSR count). The van der Waals surface area contributed by atoms with Crippen molar-refractivity contribution in [2.45, 2.75) is 6.42 Å². The lowest BCUT2D eigenvalue weighted by Crippen LogP contribution is -2.42. The summed E-state index contributed by atoms with van der Waals surface area (Å²) in [5.74, 6) is -0.0515. The molecule has 0 bridgehead atoms. The van der Waals surface area contributed by atoms with Crippen molar-refractivity contribution in [2.75, 3.05) is 59.3 Å². The van der Waals surface area contributed by atoms with Crippen LogP contribution in [-0.4, -0.2) is 82.2 Å². The Bertz CT molecular complexity index is 671. The minimum atomic E-state index is -3.43. The number of carbonyl (C=O) groups excluding carboxylic acids is 1. The van der Waals surface area contributed by atoms with Gasteiger partial charge in [0, 0.05) is 65.6 Å². The van der Waals surface area contributed by atoms with Gasteiger partial charge in [0.1, 0.15) is 0 Å². The molecule has 0 atom stereocenters. The lowest BCUT2D eigenvalue weighted by Gasteiger charge is -2.24. The quantitative estimate of drug-likeness (QED) is 0.799. The summed E-state index contributed by atoms with van der Waals surface area (Å²) in [4.78, 5) is 16.4. The summed E-state index contributed by atoms with van der Waals surface area (Å²) >= 11 is 0. The van der Waals surface area contributed by atoms with Gasteiger partial charge in [-0.3, -0.25) is 4.79 Å². The Morgan fingerprint density at radius 1 is 0.958 bits per heavy atom. The van der Waals surface area contributed by atoms with Crippen LogP contribution in [0, 0.1) is 0 Å². The molecular weight excluding hydrogens is 328 g/mol. The van der Waals surface area contributed by atoms with Crippen molar-refractivity contribution in [2.24, 2.45) is 0 Å². The fraction of sp³-hybridized carbons (Fsp3) is 0.562. The summed E-state index contributed by atoms with van der Waals surface area (Å²) < 4.78 is 27.1. The summed E-state index contributed by atoms with van der Waals surface area (Å²) in [7, 11) is 3.52. The average Bonchev–Trinajstić information content (AvgIpc) is 2.80. The molecule has 0 aliphatic carbocycles. The van der Waals surface area contributed by atoms with Gasteiger partial charge in [-0.25, -0.2) is 0 Å². The molecule has 1 saturated heterocycles. The first kappa shape index (κ1) is 18.7. The molecule has 1 amide bonds. The van der Waals surface area contributed by atoms with E-state index in [0.29, 0.717) is 38.2 Å². The van der Waals surface area contributed by atoms with Crippen LogP contribution in [0.5, 0.6) is 0 Å². The Kier molecular flexibility index (Phi) is 5.84. The number of rotatable bonds is 4. The van der Waals surface area contributed by atoms with Crippen LogP contribution in [0.25, 0.3) is 0 Å². The van der Waals surface area contributed by atoms with Crippen molar-refractivity contribution in [1.82, 2.24) is 13.5 Å². The Balaban J connectivity index is 2.07. The maximum Gasteiger partial charge on any atom is 0.281 e. The van der Waals surface area contributed by atoms with E-state index in [9.17, 15) is 13.2 Å². The van der Waals surface area contributed by atoms with Crippen LogP contribution >= 0.6 is 0 Å². The molecule has 1 heterocycles. The number of hydrogen-bond donors (Lipinski definition) is 0. The summed E-state index contributed by atoms with van der Waals surface area (Å²) in [5.41, 5.74) is 1.66. The van der Waals surface area contributed by atoms with Crippen LogP contribution in [0.2, 0.25) is 0 Å². The summed E-state index contributed by atoms with van der Waals surface area (Å²) in [5, 5.41) is 0. The highest BCUT2D eigenvalue weighted by molar-refractivity contribution is 7.86. The Hall–Kier alpha value is -1.64. The molecule has 1 aromatic rings. The zero-order valence-corrected chi connectivity index (χ0v) is 15.6. The van der Waals surface area contributed by atoms with Crippen LogP contribution in [0.1, 0.15) is 16.8 Å². The topological polar surface area (TPSA) is 64.2 Å². The van der Waals surface area contributed by atoms with Crippen LogP contribution in [-0.2, 0) is 10.2 Å². The number of hydrogen-bond acceptors (Lipinski definition) is 4. The van der Waals surface area contributed by atoms with E-state index >= 15 is 0 Å². The number of benzene rings is 1. The van der Waals surface area contributed by atoms with Gasteiger partial charge in [0.05, 0.1) is 0 Å². The van der Waals surface area contributed by atoms with E-state index < -0.39 is 10.2 Å². The predicted octanol–water partition coefficient (Wildman–Crippen LogP) is 0.707. The molecule has 1 aliphatic rings. The van der Waals surface area contributed by atoms with Gasteiger partial charge in [0.25, 0.3) is 16.1 Å².